The van der Waals surface area contributed by atoms with E-state index in [9.17, 15) is 8.42 Å². The van der Waals surface area contributed by atoms with Gasteiger partial charge in [0.1, 0.15) is 0 Å². The fourth-order valence-electron chi connectivity index (χ4n) is 3.12. The van der Waals surface area contributed by atoms with Crippen LogP contribution in [0, 0.1) is 6.92 Å². The van der Waals surface area contributed by atoms with Crippen molar-refractivity contribution < 1.29 is 13.2 Å². The number of rotatable bonds is 6. The summed E-state index contributed by atoms with van der Waals surface area (Å²) < 4.78 is 29.4. The Hall–Kier alpha value is -1.60. The number of aryl methyl sites for hydroxylation is 1. The molecule has 6 nitrogen and oxygen atoms in total. The highest BCUT2D eigenvalue weighted by molar-refractivity contribution is 7.92. The fourth-order valence-corrected chi connectivity index (χ4v) is 4.33. The Balaban J connectivity index is 2.17. The summed E-state index contributed by atoms with van der Waals surface area (Å²) in [6.07, 6.45) is 2.31. The maximum Gasteiger partial charge on any atom is 0.194 e. The second-order valence-corrected chi connectivity index (χ2v) is 9.49. The Bertz CT molecular complexity index is 708. The molecular formula is C19H31N3O3S. The molecule has 0 atom stereocenters. The first-order valence-corrected chi connectivity index (χ1v) is 11.0. The number of hydrogen-bond donors (Lipinski definition) is 1. The molecule has 1 aromatic rings. The fraction of sp³-hybridized carbons (Fsp3) is 0.632. The molecule has 2 rings (SSSR count). The van der Waals surface area contributed by atoms with Crippen molar-refractivity contribution in [3.63, 3.8) is 0 Å². The molecule has 0 aromatic heterocycles. The van der Waals surface area contributed by atoms with E-state index < -0.39 is 14.6 Å². The maximum atomic E-state index is 12.4. The molecule has 26 heavy (non-hydrogen) atoms. The van der Waals surface area contributed by atoms with Crippen molar-refractivity contribution >= 4 is 15.8 Å². The third-order valence-electron chi connectivity index (χ3n) is 4.94. The molecular weight excluding hydrogens is 350 g/mol. The standard InChI is InChI=1S/C19H31N3O3S/c1-5-20-18(22(3)14-17-8-6-16(2)7-9-17)21-15-19(26(4,23)24)10-12-25-13-11-19/h6-9H,5,10-15H2,1-4H3,(H,20,21). The summed E-state index contributed by atoms with van der Waals surface area (Å²) in [5.41, 5.74) is 2.42. The summed E-state index contributed by atoms with van der Waals surface area (Å²) >= 11 is 0. The molecule has 1 aliphatic heterocycles. The van der Waals surface area contributed by atoms with Crippen molar-refractivity contribution in [3.05, 3.63) is 35.4 Å². The normalized spacial score (nSPS) is 17.8. The van der Waals surface area contributed by atoms with E-state index in [2.05, 4.69) is 41.5 Å². The third kappa shape index (κ3) is 5.20. The summed E-state index contributed by atoms with van der Waals surface area (Å²) in [5.74, 6) is 0.725. The van der Waals surface area contributed by atoms with Crippen molar-refractivity contribution in [1.82, 2.24) is 10.2 Å². The minimum absolute atomic E-state index is 0.260. The van der Waals surface area contributed by atoms with Crippen LogP contribution < -0.4 is 5.32 Å². The molecule has 0 radical (unpaired) electrons. The summed E-state index contributed by atoms with van der Waals surface area (Å²) in [6.45, 7) is 6.72. The van der Waals surface area contributed by atoms with Crippen LogP contribution in [0.4, 0.5) is 0 Å². The van der Waals surface area contributed by atoms with Gasteiger partial charge in [-0.25, -0.2) is 8.42 Å². The van der Waals surface area contributed by atoms with Crippen LogP contribution in [0.5, 0.6) is 0 Å². The number of nitrogens with one attached hydrogen (secondary N) is 1. The molecule has 0 aliphatic carbocycles. The molecule has 1 aromatic carbocycles. The van der Waals surface area contributed by atoms with E-state index in [1.165, 1.54) is 17.4 Å². The van der Waals surface area contributed by atoms with Gasteiger partial charge in [0, 0.05) is 39.6 Å². The van der Waals surface area contributed by atoms with Crippen LogP contribution in [0.25, 0.3) is 0 Å². The lowest BCUT2D eigenvalue weighted by Gasteiger charge is -2.34. The van der Waals surface area contributed by atoms with Crippen molar-refractivity contribution in [1.29, 1.82) is 0 Å². The Morgan fingerprint density at radius 3 is 2.42 bits per heavy atom. The molecule has 0 amide bonds. The molecule has 0 unspecified atom stereocenters. The van der Waals surface area contributed by atoms with Gasteiger partial charge in [-0.15, -0.1) is 0 Å². The van der Waals surface area contributed by atoms with Crippen LogP contribution in [-0.2, 0) is 21.1 Å². The van der Waals surface area contributed by atoms with E-state index in [4.69, 9.17) is 4.74 Å². The number of hydrogen-bond acceptors (Lipinski definition) is 4. The SMILES string of the molecule is CCNC(=NCC1(S(C)(=O)=O)CCOCC1)N(C)Cc1ccc(C)cc1. The van der Waals surface area contributed by atoms with Crippen LogP contribution in [0.1, 0.15) is 30.9 Å². The Labute approximate surface area is 157 Å². The number of ether oxygens (including phenoxy) is 1. The summed E-state index contributed by atoms with van der Waals surface area (Å²) in [7, 11) is -1.25. The lowest BCUT2D eigenvalue weighted by Crippen LogP contribution is -2.47. The number of guanidine groups is 1. The van der Waals surface area contributed by atoms with Crippen molar-refractivity contribution in [2.45, 2.75) is 38.0 Å². The average Bonchev–Trinajstić information content (AvgIpc) is 2.60. The Morgan fingerprint density at radius 2 is 1.88 bits per heavy atom. The minimum atomic E-state index is -3.22. The largest absolute Gasteiger partial charge is 0.381 e. The molecule has 1 aliphatic rings. The molecule has 1 saturated heterocycles. The lowest BCUT2D eigenvalue weighted by atomic mass is 9.99. The predicted molar refractivity (Wildman–Crippen MR) is 106 cm³/mol. The number of nitrogens with zero attached hydrogens (tertiary/aromatic N) is 2. The van der Waals surface area contributed by atoms with Crippen molar-refractivity contribution in [2.75, 3.05) is 39.6 Å². The van der Waals surface area contributed by atoms with Gasteiger partial charge in [0.15, 0.2) is 15.8 Å². The first kappa shape index (κ1) is 20.7. The zero-order valence-corrected chi connectivity index (χ0v) is 17.1. The van der Waals surface area contributed by atoms with Crippen molar-refractivity contribution in [2.24, 2.45) is 4.99 Å². The van der Waals surface area contributed by atoms with Gasteiger partial charge in [-0.2, -0.15) is 0 Å². The van der Waals surface area contributed by atoms with Crippen molar-refractivity contribution in [3.8, 4) is 0 Å². The van der Waals surface area contributed by atoms with E-state index in [-0.39, 0.29) is 6.54 Å². The Morgan fingerprint density at radius 1 is 1.27 bits per heavy atom. The molecule has 1 N–H and O–H groups in total. The van der Waals surface area contributed by atoms with Crippen LogP contribution in [0.15, 0.2) is 29.3 Å². The van der Waals surface area contributed by atoms with Crippen LogP contribution >= 0.6 is 0 Å². The van der Waals surface area contributed by atoms with Gasteiger partial charge < -0.3 is 15.0 Å². The average molecular weight is 382 g/mol. The van der Waals surface area contributed by atoms with Crippen LogP contribution in [-0.4, -0.2) is 63.6 Å². The van der Waals surface area contributed by atoms with E-state index in [0.717, 1.165) is 12.5 Å². The van der Waals surface area contributed by atoms with Gasteiger partial charge in [0.25, 0.3) is 0 Å². The van der Waals surface area contributed by atoms with Gasteiger partial charge in [-0.3, -0.25) is 4.99 Å². The summed E-state index contributed by atoms with van der Waals surface area (Å²) in [4.78, 5) is 6.72. The third-order valence-corrected chi connectivity index (χ3v) is 7.05. The first-order chi connectivity index (χ1) is 12.3. The monoisotopic (exact) mass is 381 g/mol. The minimum Gasteiger partial charge on any atom is -0.381 e. The zero-order chi connectivity index (χ0) is 19.2. The Kier molecular flexibility index (Phi) is 7.06. The lowest BCUT2D eigenvalue weighted by molar-refractivity contribution is 0.0767. The maximum absolute atomic E-state index is 12.4. The molecule has 146 valence electrons. The predicted octanol–water partition coefficient (Wildman–Crippen LogP) is 1.99. The highest BCUT2D eigenvalue weighted by Crippen LogP contribution is 2.29. The van der Waals surface area contributed by atoms with Crippen LogP contribution in [0.3, 0.4) is 0 Å². The first-order valence-electron chi connectivity index (χ1n) is 9.10. The van der Waals surface area contributed by atoms with Gasteiger partial charge in [-0.1, -0.05) is 29.8 Å². The quantitative estimate of drug-likeness (QED) is 0.603. The van der Waals surface area contributed by atoms with E-state index >= 15 is 0 Å². The van der Waals surface area contributed by atoms with Gasteiger partial charge in [0.2, 0.25) is 0 Å². The highest BCUT2D eigenvalue weighted by Gasteiger charge is 2.42. The van der Waals surface area contributed by atoms with E-state index in [1.807, 2.05) is 18.9 Å². The topological polar surface area (TPSA) is 71.0 Å². The zero-order valence-electron chi connectivity index (χ0n) is 16.3. The van der Waals surface area contributed by atoms with Crippen LogP contribution in [0.2, 0.25) is 0 Å². The second kappa shape index (κ2) is 8.86. The molecule has 7 heteroatoms. The number of aliphatic imine (C=N–C) groups is 1. The molecule has 0 saturated carbocycles. The summed E-state index contributed by atoms with van der Waals surface area (Å²) in [5, 5.41) is 3.27. The second-order valence-electron chi connectivity index (χ2n) is 7.08. The molecule has 0 spiro atoms. The molecule has 1 fully saturated rings. The molecule has 1 heterocycles. The van der Waals surface area contributed by atoms with Gasteiger partial charge in [-0.05, 0) is 32.3 Å². The highest BCUT2D eigenvalue weighted by atomic mass is 32.2. The number of benzene rings is 1. The summed E-state index contributed by atoms with van der Waals surface area (Å²) in [6, 6.07) is 8.39. The molecule has 0 bridgehead atoms. The van der Waals surface area contributed by atoms with E-state index in [0.29, 0.717) is 32.6 Å². The van der Waals surface area contributed by atoms with E-state index in [1.54, 1.807) is 0 Å². The smallest absolute Gasteiger partial charge is 0.194 e. The van der Waals surface area contributed by atoms with Gasteiger partial charge in [0.05, 0.1) is 11.3 Å². The van der Waals surface area contributed by atoms with Gasteiger partial charge >= 0.3 is 0 Å². The number of sulfone groups is 1.